The highest BCUT2D eigenvalue weighted by Gasteiger charge is 2.16. The molecule has 1 heterocycles. The summed E-state index contributed by atoms with van der Waals surface area (Å²) in [6.45, 7) is 1.65. The summed E-state index contributed by atoms with van der Waals surface area (Å²) in [7, 11) is 0. The fraction of sp³-hybridized carbons (Fsp3) is 0.143. The minimum atomic E-state index is -0.000562. The van der Waals surface area contributed by atoms with Crippen LogP contribution in [0.15, 0.2) is 109 Å². The van der Waals surface area contributed by atoms with E-state index in [2.05, 4.69) is 4.98 Å². The van der Waals surface area contributed by atoms with E-state index < -0.39 is 0 Å². The second-order valence-electron chi connectivity index (χ2n) is 7.58. The molecule has 0 atom stereocenters. The maximum Gasteiger partial charge on any atom is 0.254 e. The number of nitrogens with zero attached hydrogens (tertiary/aromatic N) is 2. The van der Waals surface area contributed by atoms with Gasteiger partial charge in [-0.05, 0) is 47.5 Å². The maximum absolute atomic E-state index is 13.3. The lowest BCUT2D eigenvalue weighted by Crippen LogP contribution is -2.32. The Balaban J connectivity index is 1.44. The molecular weight excluding hydrogens is 396 g/mol. The van der Waals surface area contributed by atoms with Crippen LogP contribution in [0.2, 0.25) is 0 Å². The van der Waals surface area contributed by atoms with E-state index in [9.17, 15) is 4.79 Å². The van der Waals surface area contributed by atoms with Crippen molar-refractivity contribution in [3.8, 4) is 5.75 Å². The molecule has 3 aromatic carbocycles. The van der Waals surface area contributed by atoms with Crippen molar-refractivity contribution in [3.05, 3.63) is 132 Å². The minimum Gasteiger partial charge on any atom is -0.489 e. The summed E-state index contributed by atoms with van der Waals surface area (Å²) >= 11 is 0. The number of benzene rings is 3. The van der Waals surface area contributed by atoms with E-state index in [-0.39, 0.29) is 5.91 Å². The first kappa shape index (κ1) is 21.3. The zero-order valence-electron chi connectivity index (χ0n) is 17.9. The number of rotatable bonds is 9. The third kappa shape index (κ3) is 6.05. The molecule has 0 spiro atoms. The minimum absolute atomic E-state index is 0.000562. The Hall–Kier alpha value is -3.92. The predicted molar refractivity (Wildman–Crippen MR) is 126 cm³/mol. The van der Waals surface area contributed by atoms with Crippen molar-refractivity contribution < 1.29 is 9.53 Å². The number of aromatic nitrogens is 1. The Labute approximate surface area is 189 Å². The summed E-state index contributed by atoms with van der Waals surface area (Å²) in [5.74, 6) is 0.743. The van der Waals surface area contributed by atoms with Crippen molar-refractivity contribution in [3.63, 3.8) is 0 Å². The first-order valence-corrected chi connectivity index (χ1v) is 10.8. The molecule has 1 amide bonds. The third-order valence-corrected chi connectivity index (χ3v) is 5.22. The van der Waals surface area contributed by atoms with Crippen LogP contribution in [0.1, 0.15) is 27.2 Å². The molecule has 0 aliphatic rings. The van der Waals surface area contributed by atoms with Gasteiger partial charge in [0.05, 0.1) is 0 Å². The fourth-order valence-corrected chi connectivity index (χ4v) is 3.47. The van der Waals surface area contributed by atoms with Gasteiger partial charge >= 0.3 is 0 Å². The Bertz CT molecular complexity index is 1100. The van der Waals surface area contributed by atoms with Crippen molar-refractivity contribution in [2.24, 2.45) is 0 Å². The van der Waals surface area contributed by atoms with Gasteiger partial charge in [0.15, 0.2) is 0 Å². The second-order valence-corrected chi connectivity index (χ2v) is 7.58. The quantitative estimate of drug-likeness (QED) is 0.355. The van der Waals surface area contributed by atoms with Crippen LogP contribution in [0, 0.1) is 0 Å². The average Bonchev–Trinajstić information content (AvgIpc) is 2.87. The average molecular weight is 423 g/mol. The van der Waals surface area contributed by atoms with Gasteiger partial charge in [-0.15, -0.1) is 0 Å². The monoisotopic (exact) mass is 422 g/mol. The standard InChI is InChI=1S/C28H26N2O2/c31-28(25-14-16-27(17-15-25)32-22-24-11-5-2-6-12-24)30(21-23-9-3-1-4-10-23)20-18-26-13-7-8-19-29-26/h1-17,19H,18,20-22H2. The lowest BCUT2D eigenvalue weighted by atomic mass is 10.1. The Morgan fingerprint density at radius 1 is 0.750 bits per heavy atom. The molecule has 0 bridgehead atoms. The molecule has 0 radical (unpaired) electrons. The van der Waals surface area contributed by atoms with Gasteiger partial charge in [-0.1, -0.05) is 66.7 Å². The van der Waals surface area contributed by atoms with E-state index in [0.29, 0.717) is 31.7 Å². The molecule has 32 heavy (non-hydrogen) atoms. The highest BCUT2D eigenvalue weighted by atomic mass is 16.5. The normalized spacial score (nSPS) is 10.5. The SMILES string of the molecule is O=C(c1ccc(OCc2ccccc2)cc1)N(CCc1ccccn1)Cc1ccccc1. The van der Waals surface area contributed by atoms with Crippen LogP contribution in [0.4, 0.5) is 0 Å². The number of carbonyl (C=O) groups excluding carboxylic acids is 1. The molecule has 0 saturated heterocycles. The van der Waals surface area contributed by atoms with Crippen molar-refractivity contribution in [1.29, 1.82) is 0 Å². The van der Waals surface area contributed by atoms with Gasteiger partial charge in [-0.25, -0.2) is 0 Å². The van der Waals surface area contributed by atoms with Crippen LogP contribution in [0.5, 0.6) is 5.75 Å². The van der Waals surface area contributed by atoms with Gasteiger partial charge in [-0.2, -0.15) is 0 Å². The largest absolute Gasteiger partial charge is 0.489 e. The molecule has 0 aliphatic carbocycles. The Kier molecular flexibility index (Phi) is 7.27. The van der Waals surface area contributed by atoms with Crippen LogP contribution < -0.4 is 4.74 Å². The van der Waals surface area contributed by atoms with Gasteiger partial charge in [0.1, 0.15) is 12.4 Å². The zero-order valence-corrected chi connectivity index (χ0v) is 17.9. The van der Waals surface area contributed by atoms with E-state index >= 15 is 0 Å². The summed E-state index contributed by atoms with van der Waals surface area (Å²) in [4.78, 5) is 19.6. The number of carbonyl (C=O) groups is 1. The van der Waals surface area contributed by atoms with Gasteiger partial charge in [-0.3, -0.25) is 9.78 Å². The van der Waals surface area contributed by atoms with E-state index in [1.54, 1.807) is 6.20 Å². The molecule has 1 aromatic heterocycles. The van der Waals surface area contributed by atoms with Gasteiger partial charge < -0.3 is 9.64 Å². The number of pyridine rings is 1. The van der Waals surface area contributed by atoms with E-state index in [4.69, 9.17) is 4.74 Å². The molecule has 0 N–H and O–H groups in total. The highest BCUT2D eigenvalue weighted by Crippen LogP contribution is 2.17. The Morgan fingerprint density at radius 3 is 2.06 bits per heavy atom. The van der Waals surface area contributed by atoms with E-state index in [1.165, 1.54) is 0 Å². The van der Waals surface area contributed by atoms with Crippen LogP contribution >= 0.6 is 0 Å². The first-order chi connectivity index (χ1) is 15.8. The van der Waals surface area contributed by atoms with Crippen molar-refractivity contribution in [2.45, 2.75) is 19.6 Å². The molecule has 0 unspecified atom stereocenters. The molecule has 4 aromatic rings. The fourth-order valence-electron chi connectivity index (χ4n) is 3.47. The molecule has 0 saturated carbocycles. The van der Waals surface area contributed by atoms with Gasteiger partial charge in [0.2, 0.25) is 0 Å². The van der Waals surface area contributed by atoms with Crippen LogP contribution in [0.3, 0.4) is 0 Å². The predicted octanol–water partition coefficient (Wildman–Crippen LogP) is 5.55. The van der Waals surface area contributed by atoms with Crippen molar-refractivity contribution in [1.82, 2.24) is 9.88 Å². The summed E-state index contributed by atoms with van der Waals surface area (Å²) in [6, 6.07) is 33.3. The van der Waals surface area contributed by atoms with E-state index in [0.717, 1.165) is 22.6 Å². The molecule has 4 nitrogen and oxygen atoms in total. The summed E-state index contributed by atoms with van der Waals surface area (Å²) < 4.78 is 5.86. The third-order valence-electron chi connectivity index (χ3n) is 5.22. The topological polar surface area (TPSA) is 42.4 Å². The summed E-state index contributed by atoms with van der Waals surface area (Å²) in [5.41, 5.74) is 3.83. The van der Waals surface area contributed by atoms with Gasteiger partial charge in [0, 0.05) is 37.0 Å². The molecule has 4 heteroatoms. The Morgan fingerprint density at radius 2 is 1.41 bits per heavy atom. The maximum atomic E-state index is 13.3. The van der Waals surface area contributed by atoms with Gasteiger partial charge in [0.25, 0.3) is 5.91 Å². The highest BCUT2D eigenvalue weighted by molar-refractivity contribution is 5.94. The number of hydrogen-bond donors (Lipinski definition) is 0. The summed E-state index contributed by atoms with van der Waals surface area (Å²) in [5, 5.41) is 0. The van der Waals surface area contributed by atoms with Crippen molar-refractivity contribution >= 4 is 5.91 Å². The second kappa shape index (κ2) is 10.9. The summed E-state index contributed by atoms with van der Waals surface area (Å²) in [6.07, 6.45) is 2.49. The van der Waals surface area contributed by atoms with Crippen LogP contribution in [-0.2, 0) is 19.6 Å². The lowest BCUT2D eigenvalue weighted by Gasteiger charge is -2.23. The molecule has 4 rings (SSSR count). The molecule has 0 aliphatic heterocycles. The van der Waals surface area contributed by atoms with Crippen LogP contribution in [0.25, 0.3) is 0 Å². The lowest BCUT2D eigenvalue weighted by molar-refractivity contribution is 0.0744. The molecule has 0 fully saturated rings. The number of hydrogen-bond acceptors (Lipinski definition) is 3. The molecular formula is C28H26N2O2. The first-order valence-electron chi connectivity index (χ1n) is 10.8. The molecule has 160 valence electrons. The van der Waals surface area contributed by atoms with Crippen LogP contribution in [-0.4, -0.2) is 22.3 Å². The van der Waals surface area contributed by atoms with Crippen molar-refractivity contribution in [2.75, 3.05) is 6.54 Å². The van der Waals surface area contributed by atoms with E-state index in [1.807, 2.05) is 108 Å². The zero-order chi connectivity index (χ0) is 22.0. The smallest absolute Gasteiger partial charge is 0.254 e. The number of ether oxygens (including phenoxy) is 1. The number of amides is 1.